The summed E-state index contributed by atoms with van der Waals surface area (Å²) in [7, 11) is 0. The van der Waals surface area contributed by atoms with Crippen molar-refractivity contribution in [3.8, 4) is 0 Å². The number of aromatic nitrogens is 2. The zero-order valence-corrected chi connectivity index (χ0v) is 15.1. The lowest BCUT2D eigenvalue weighted by molar-refractivity contribution is -0.385. The number of hydrogen-bond acceptors (Lipinski definition) is 7. The number of carbonyl (C=O) groups is 1. The number of hydrogen-bond donors (Lipinski definition) is 1. The van der Waals surface area contributed by atoms with Crippen LogP contribution in [0.25, 0.3) is 0 Å². The number of anilines is 1. The van der Waals surface area contributed by atoms with Gasteiger partial charge >= 0.3 is 0 Å². The number of thioether (sulfide) groups is 1. The summed E-state index contributed by atoms with van der Waals surface area (Å²) in [5, 5.41) is 14.2. The minimum Gasteiger partial charge on any atom is -0.347 e. The Morgan fingerprint density at radius 2 is 2.15 bits per heavy atom. The monoisotopic (exact) mass is 373 g/mol. The molecule has 8 nitrogen and oxygen atoms in total. The van der Waals surface area contributed by atoms with E-state index in [0.29, 0.717) is 12.5 Å². The second kappa shape index (κ2) is 8.13. The largest absolute Gasteiger partial charge is 0.347 e. The summed E-state index contributed by atoms with van der Waals surface area (Å²) in [6, 6.07) is 6.24. The van der Waals surface area contributed by atoms with Gasteiger partial charge < -0.3 is 10.2 Å². The topological polar surface area (TPSA) is 101 Å². The lowest BCUT2D eigenvalue weighted by Crippen LogP contribution is -2.48. The quantitative estimate of drug-likeness (QED) is 0.488. The third-order valence-corrected chi connectivity index (χ3v) is 4.96. The molecule has 0 radical (unpaired) electrons. The SMILES string of the molecule is CSc1ccc([N+](=O)[O-])c(C(=O)NC2CCCN(c3ncccn3)C2)c1. The van der Waals surface area contributed by atoms with Crippen molar-refractivity contribution in [3.05, 3.63) is 52.3 Å². The van der Waals surface area contributed by atoms with Gasteiger partial charge in [-0.05, 0) is 37.3 Å². The number of carbonyl (C=O) groups excluding carboxylic acids is 1. The van der Waals surface area contributed by atoms with E-state index in [2.05, 4.69) is 15.3 Å². The van der Waals surface area contributed by atoms with Gasteiger partial charge in [-0.25, -0.2) is 9.97 Å². The van der Waals surface area contributed by atoms with Crippen LogP contribution in [0.1, 0.15) is 23.2 Å². The number of nitro benzene ring substituents is 1. The van der Waals surface area contributed by atoms with Crippen molar-refractivity contribution in [2.75, 3.05) is 24.2 Å². The zero-order valence-electron chi connectivity index (χ0n) is 14.3. The van der Waals surface area contributed by atoms with Crippen molar-refractivity contribution < 1.29 is 9.72 Å². The van der Waals surface area contributed by atoms with Gasteiger partial charge in [0.15, 0.2) is 0 Å². The summed E-state index contributed by atoms with van der Waals surface area (Å²) in [5.41, 5.74) is -0.0886. The molecule has 1 aromatic heterocycles. The Morgan fingerprint density at radius 3 is 2.85 bits per heavy atom. The van der Waals surface area contributed by atoms with Crippen molar-refractivity contribution in [2.45, 2.75) is 23.8 Å². The van der Waals surface area contributed by atoms with E-state index in [0.717, 1.165) is 24.3 Å². The first-order chi connectivity index (χ1) is 12.6. The van der Waals surface area contributed by atoms with E-state index in [4.69, 9.17) is 0 Å². The smallest absolute Gasteiger partial charge is 0.282 e. The third-order valence-electron chi connectivity index (χ3n) is 4.24. The lowest BCUT2D eigenvalue weighted by Gasteiger charge is -2.33. The highest BCUT2D eigenvalue weighted by molar-refractivity contribution is 7.98. The van der Waals surface area contributed by atoms with E-state index in [1.165, 1.54) is 17.8 Å². The van der Waals surface area contributed by atoms with Crippen molar-refractivity contribution >= 4 is 29.3 Å². The molecule has 1 amide bonds. The fourth-order valence-corrected chi connectivity index (χ4v) is 3.42. The molecule has 1 aromatic carbocycles. The van der Waals surface area contributed by atoms with Crippen molar-refractivity contribution in [1.29, 1.82) is 0 Å². The normalized spacial score (nSPS) is 17.0. The average Bonchev–Trinajstić information content (AvgIpc) is 2.68. The fraction of sp³-hybridized carbons (Fsp3) is 0.353. The van der Waals surface area contributed by atoms with Gasteiger partial charge in [-0.3, -0.25) is 14.9 Å². The molecule has 1 aliphatic heterocycles. The van der Waals surface area contributed by atoms with Gasteiger partial charge in [-0.1, -0.05) is 0 Å². The maximum Gasteiger partial charge on any atom is 0.282 e. The molecule has 0 bridgehead atoms. The van der Waals surface area contributed by atoms with Crippen LogP contribution in [0.4, 0.5) is 11.6 Å². The Balaban J connectivity index is 1.74. The second-order valence-corrected chi connectivity index (χ2v) is 6.83. The summed E-state index contributed by atoms with van der Waals surface area (Å²) < 4.78 is 0. The van der Waals surface area contributed by atoms with Crippen LogP contribution in [-0.2, 0) is 0 Å². The molecule has 0 aliphatic carbocycles. The van der Waals surface area contributed by atoms with Crippen LogP contribution in [0.5, 0.6) is 0 Å². The van der Waals surface area contributed by atoms with Crippen LogP contribution < -0.4 is 10.2 Å². The van der Waals surface area contributed by atoms with Crippen LogP contribution in [0.3, 0.4) is 0 Å². The molecule has 1 saturated heterocycles. The van der Waals surface area contributed by atoms with E-state index in [1.54, 1.807) is 30.6 Å². The molecule has 0 saturated carbocycles. The Morgan fingerprint density at radius 1 is 1.38 bits per heavy atom. The number of nitrogens with zero attached hydrogens (tertiary/aromatic N) is 4. The Labute approximate surface area is 155 Å². The molecular formula is C17H19N5O3S. The molecule has 136 valence electrons. The predicted octanol–water partition coefficient (Wildman–Crippen LogP) is 2.51. The molecule has 26 heavy (non-hydrogen) atoms. The maximum absolute atomic E-state index is 12.7. The number of nitro groups is 1. The van der Waals surface area contributed by atoms with Gasteiger partial charge in [-0.15, -0.1) is 11.8 Å². The first-order valence-corrected chi connectivity index (χ1v) is 9.46. The summed E-state index contributed by atoms with van der Waals surface area (Å²) >= 11 is 1.44. The number of piperidine rings is 1. The standard InChI is InChI=1S/C17H19N5O3S/c1-26-13-5-6-15(22(24)25)14(10-13)16(23)20-12-4-2-9-21(11-12)17-18-7-3-8-19-17/h3,5-8,10,12H,2,4,9,11H2,1H3,(H,20,23). The van der Waals surface area contributed by atoms with E-state index in [-0.39, 0.29) is 17.3 Å². The van der Waals surface area contributed by atoms with Crippen LogP contribution in [0, 0.1) is 10.1 Å². The Bertz CT molecular complexity index is 802. The number of rotatable bonds is 5. The molecule has 1 N–H and O–H groups in total. The first-order valence-electron chi connectivity index (χ1n) is 8.23. The molecule has 2 aromatic rings. The van der Waals surface area contributed by atoms with E-state index in [1.807, 2.05) is 11.2 Å². The first kappa shape index (κ1) is 18.1. The van der Waals surface area contributed by atoms with Crippen LogP contribution >= 0.6 is 11.8 Å². The lowest BCUT2D eigenvalue weighted by atomic mass is 10.0. The number of benzene rings is 1. The molecule has 0 spiro atoms. The Kier molecular flexibility index (Phi) is 5.67. The summed E-state index contributed by atoms with van der Waals surface area (Å²) in [6.07, 6.45) is 6.92. The summed E-state index contributed by atoms with van der Waals surface area (Å²) in [5.74, 6) is 0.204. The minimum absolute atomic E-state index is 0.0925. The minimum atomic E-state index is -0.524. The van der Waals surface area contributed by atoms with Gasteiger partial charge in [0.05, 0.1) is 4.92 Å². The van der Waals surface area contributed by atoms with Gasteiger partial charge in [0, 0.05) is 42.5 Å². The highest BCUT2D eigenvalue weighted by Crippen LogP contribution is 2.25. The van der Waals surface area contributed by atoms with Gasteiger partial charge in [0.2, 0.25) is 5.95 Å². The fourth-order valence-electron chi connectivity index (χ4n) is 2.98. The van der Waals surface area contributed by atoms with E-state index < -0.39 is 10.8 Å². The van der Waals surface area contributed by atoms with Crippen molar-refractivity contribution in [1.82, 2.24) is 15.3 Å². The van der Waals surface area contributed by atoms with Gasteiger partial charge in [0.25, 0.3) is 11.6 Å². The van der Waals surface area contributed by atoms with E-state index in [9.17, 15) is 14.9 Å². The number of amides is 1. The van der Waals surface area contributed by atoms with Gasteiger partial charge in [-0.2, -0.15) is 0 Å². The number of nitrogens with one attached hydrogen (secondary N) is 1. The Hall–Kier alpha value is -2.68. The molecule has 1 aliphatic rings. The predicted molar refractivity (Wildman–Crippen MR) is 99.6 cm³/mol. The molecule has 3 rings (SSSR count). The summed E-state index contributed by atoms with van der Waals surface area (Å²) in [4.78, 5) is 34.7. The average molecular weight is 373 g/mol. The molecule has 2 heterocycles. The molecule has 9 heteroatoms. The van der Waals surface area contributed by atoms with E-state index >= 15 is 0 Å². The molecule has 1 fully saturated rings. The molecule has 1 unspecified atom stereocenters. The highest BCUT2D eigenvalue weighted by Gasteiger charge is 2.26. The second-order valence-electron chi connectivity index (χ2n) is 5.95. The van der Waals surface area contributed by atoms with Crippen LogP contribution in [0.15, 0.2) is 41.6 Å². The van der Waals surface area contributed by atoms with Gasteiger partial charge in [0.1, 0.15) is 5.56 Å². The zero-order chi connectivity index (χ0) is 18.5. The van der Waals surface area contributed by atoms with Crippen molar-refractivity contribution in [3.63, 3.8) is 0 Å². The summed E-state index contributed by atoms with van der Waals surface area (Å²) in [6.45, 7) is 1.39. The molecular weight excluding hydrogens is 354 g/mol. The maximum atomic E-state index is 12.7. The third kappa shape index (κ3) is 4.10. The van der Waals surface area contributed by atoms with Crippen LogP contribution in [0.2, 0.25) is 0 Å². The molecule has 1 atom stereocenters. The highest BCUT2D eigenvalue weighted by atomic mass is 32.2. The van der Waals surface area contributed by atoms with Crippen LogP contribution in [-0.4, -0.2) is 46.2 Å². The van der Waals surface area contributed by atoms with Crippen molar-refractivity contribution in [2.24, 2.45) is 0 Å².